The molecule has 2 aliphatic heterocycles. The van der Waals surface area contributed by atoms with E-state index in [0.717, 1.165) is 20.1 Å². The van der Waals surface area contributed by atoms with Gasteiger partial charge >= 0.3 is 0 Å². The van der Waals surface area contributed by atoms with E-state index < -0.39 is 0 Å². The van der Waals surface area contributed by atoms with Crippen LogP contribution in [-0.2, 0) is 9.47 Å². The molecule has 4 nitrogen and oxygen atoms in total. The minimum absolute atomic E-state index is 0.111. The standard InChI is InChI=1S/C16H14Br2N2O2/c1-9(17)13-7-19-15(21-13)11-4-3-5-12(6-11)16-20-8-14(22-16)10(2)18/h3-6,13-14H,1-2,7-8H2. The molecule has 0 N–H and O–H groups in total. The highest BCUT2D eigenvalue weighted by molar-refractivity contribution is 9.12. The lowest BCUT2D eigenvalue weighted by atomic mass is 10.1. The fourth-order valence-corrected chi connectivity index (χ4v) is 2.66. The fourth-order valence-electron chi connectivity index (χ4n) is 2.18. The molecule has 2 aliphatic rings. The van der Waals surface area contributed by atoms with E-state index in [4.69, 9.17) is 9.47 Å². The zero-order chi connectivity index (χ0) is 15.7. The van der Waals surface area contributed by atoms with Crippen molar-refractivity contribution in [3.8, 4) is 0 Å². The Morgan fingerprint density at radius 2 is 1.41 bits per heavy atom. The van der Waals surface area contributed by atoms with Crippen LogP contribution in [0.2, 0.25) is 0 Å². The summed E-state index contributed by atoms with van der Waals surface area (Å²) in [5.74, 6) is 1.24. The topological polar surface area (TPSA) is 43.2 Å². The van der Waals surface area contributed by atoms with Gasteiger partial charge in [0.1, 0.15) is 0 Å². The summed E-state index contributed by atoms with van der Waals surface area (Å²) >= 11 is 6.69. The molecule has 2 atom stereocenters. The molecule has 22 heavy (non-hydrogen) atoms. The average molecular weight is 426 g/mol. The number of ether oxygens (including phenoxy) is 2. The number of hydrogen-bond acceptors (Lipinski definition) is 4. The van der Waals surface area contributed by atoms with Gasteiger partial charge in [0.25, 0.3) is 0 Å². The van der Waals surface area contributed by atoms with Gasteiger partial charge in [0.15, 0.2) is 12.2 Å². The first-order valence-corrected chi connectivity index (χ1v) is 8.35. The molecule has 0 aromatic heterocycles. The summed E-state index contributed by atoms with van der Waals surface area (Å²) in [5, 5.41) is 0. The third-order valence-electron chi connectivity index (χ3n) is 3.36. The van der Waals surface area contributed by atoms with Crippen LogP contribution in [0.3, 0.4) is 0 Å². The summed E-state index contributed by atoms with van der Waals surface area (Å²) in [6.07, 6.45) is -0.223. The molecule has 0 radical (unpaired) electrons. The molecule has 0 amide bonds. The van der Waals surface area contributed by atoms with Crippen molar-refractivity contribution < 1.29 is 9.47 Å². The van der Waals surface area contributed by atoms with Gasteiger partial charge in [-0.3, -0.25) is 0 Å². The van der Waals surface area contributed by atoms with Gasteiger partial charge in [0, 0.05) is 20.1 Å². The lowest BCUT2D eigenvalue weighted by Gasteiger charge is -2.11. The zero-order valence-electron chi connectivity index (χ0n) is 11.8. The van der Waals surface area contributed by atoms with E-state index in [9.17, 15) is 0 Å². The van der Waals surface area contributed by atoms with E-state index >= 15 is 0 Å². The highest BCUT2D eigenvalue weighted by Crippen LogP contribution is 2.23. The fraction of sp³-hybridized carbons (Fsp3) is 0.250. The maximum Gasteiger partial charge on any atom is 0.216 e. The Labute approximate surface area is 145 Å². The number of nitrogens with zero attached hydrogens (tertiary/aromatic N) is 2. The minimum atomic E-state index is -0.111. The predicted molar refractivity (Wildman–Crippen MR) is 95.1 cm³/mol. The number of hydrogen-bond donors (Lipinski definition) is 0. The van der Waals surface area contributed by atoms with Gasteiger partial charge in [-0.15, -0.1) is 0 Å². The lowest BCUT2D eigenvalue weighted by Crippen LogP contribution is -2.14. The van der Waals surface area contributed by atoms with E-state index in [1.165, 1.54) is 0 Å². The lowest BCUT2D eigenvalue weighted by molar-refractivity contribution is 0.271. The smallest absolute Gasteiger partial charge is 0.216 e. The summed E-state index contributed by atoms with van der Waals surface area (Å²) in [6, 6.07) is 7.82. The number of halogens is 2. The highest BCUT2D eigenvalue weighted by Gasteiger charge is 2.25. The van der Waals surface area contributed by atoms with Crippen molar-refractivity contribution in [1.29, 1.82) is 0 Å². The third kappa shape index (κ3) is 3.17. The summed E-state index contributed by atoms with van der Waals surface area (Å²) in [4.78, 5) is 8.84. The Kier molecular flexibility index (Phi) is 4.49. The maximum atomic E-state index is 5.79. The summed E-state index contributed by atoms with van der Waals surface area (Å²) in [7, 11) is 0. The van der Waals surface area contributed by atoms with Gasteiger partial charge < -0.3 is 9.47 Å². The first kappa shape index (κ1) is 15.5. The van der Waals surface area contributed by atoms with Crippen molar-refractivity contribution in [2.45, 2.75) is 12.2 Å². The molecule has 0 fully saturated rings. The van der Waals surface area contributed by atoms with Gasteiger partial charge in [-0.1, -0.05) is 51.1 Å². The van der Waals surface area contributed by atoms with Gasteiger partial charge in [-0.05, 0) is 18.2 Å². The van der Waals surface area contributed by atoms with Gasteiger partial charge in [-0.25, -0.2) is 9.98 Å². The molecule has 114 valence electrons. The van der Waals surface area contributed by atoms with Crippen LogP contribution in [0.5, 0.6) is 0 Å². The van der Waals surface area contributed by atoms with Crippen molar-refractivity contribution in [2.75, 3.05) is 13.1 Å². The van der Waals surface area contributed by atoms with Crippen LogP contribution in [0, 0.1) is 0 Å². The highest BCUT2D eigenvalue weighted by atomic mass is 79.9. The van der Waals surface area contributed by atoms with Crippen molar-refractivity contribution >= 4 is 43.7 Å². The van der Waals surface area contributed by atoms with Crippen molar-refractivity contribution in [3.63, 3.8) is 0 Å². The molecule has 0 spiro atoms. The number of rotatable bonds is 4. The van der Waals surface area contributed by atoms with Gasteiger partial charge in [0.05, 0.1) is 13.1 Å². The van der Waals surface area contributed by atoms with E-state index in [-0.39, 0.29) is 12.2 Å². The molecule has 0 saturated heterocycles. The predicted octanol–water partition coefficient (Wildman–Crippen LogP) is 3.79. The normalized spacial score (nSPS) is 23.4. The zero-order valence-corrected chi connectivity index (χ0v) is 14.9. The van der Waals surface area contributed by atoms with Crippen LogP contribution >= 0.6 is 31.9 Å². The molecule has 6 heteroatoms. The Balaban J connectivity index is 1.77. The Morgan fingerprint density at radius 1 is 0.955 bits per heavy atom. The van der Waals surface area contributed by atoms with Crippen LogP contribution in [0.25, 0.3) is 0 Å². The Bertz CT molecular complexity index is 642. The molecule has 3 rings (SSSR count). The second-order valence-corrected chi connectivity index (χ2v) is 7.02. The molecule has 0 aliphatic carbocycles. The quantitative estimate of drug-likeness (QED) is 0.736. The van der Waals surface area contributed by atoms with Crippen LogP contribution in [0.4, 0.5) is 0 Å². The van der Waals surface area contributed by atoms with Gasteiger partial charge in [0.2, 0.25) is 11.8 Å². The van der Waals surface area contributed by atoms with Gasteiger partial charge in [-0.2, -0.15) is 0 Å². The van der Waals surface area contributed by atoms with Crippen LogP contribution < -0.4 is 0 Å². The molecule has 2 unspecified atom stereocenters. The van der Waals surface area contributed by atoms with Crippen LogP contribution in [-0.4, -0.2) is 37.1 Å². The Hall–Kier alpha value is -1.40. The van der Waals surface area contributed by atoms with Crippen molar-refractivity contribution in [2.24, 2.45) is 9.98 Å². The average Bonchev–Trinajstić information content (AvgIpc) is 3.17. The largest absolute Gasteiger partial charge is 0.467 e. The van der Waals surface area contributed by atoms with Crippen LogP contribution in [0.15, 0.2) is 56.4 Å². The summed E-state index contributed by atoms with van der Waals surface area (Å²) in [5.41, 5.74) is 1.81. The first-order chi connectivity index (χ1) is 10.5. The SMILES string of the molecule is C=C(Br)C1CN=C(c2cccc(C3=NCC(C(=C)Br)O3)c2)O1. The first-order valence-electron chi connectivity index (χ1n) is 6.76. The van der Waals surface area contributed by atoms with E-state index in [0.29, 0.717) is 24.9 Å². The molecular formula is C16H14Br2N2O2. The molecule has 1 aromatic carbocycles. The monoisotopic (exact) mass is 424 g/mol. The van der Waals surface area contributed by atoms with E-state index in [1.54, 1.807) is 0 Å². The molecule has 1 aromatic rings. The van der Waals surface area contributed by atoms with Crippen molar-refractivity contribution in [3.05, 3.63) is 57.5 Å². The Morgan fingerprint density at radius 3 is 1.77 bits per heavy atom. The molecule has 2 heterocycles. The maximum absolute atomic E-state index is 5.79. The minimum Gasteiger partial charge on any atom is -0.467 e. The van der Waals surface area contributed by atoms with Crippen LogP contribution in [0.1, 0.15) is 11.1 Å². The molecular weight excluding hydrogens is 412 g/mol. The second-order valence-electron chi connectivity index (χ2n) is 4.98. The van der Waals surface area contributed by atoms with E-state index in [2.05, 4.69) is 55.0 Å². The second kappa shape index (κ2) is 6.38. The number of benzene rings is 1. The summed E-state index contributed by atoms with van der Waals surface area (Å²) < 4.78 is 13.2. The van der Waals surface area contributed by atoms with Crippen molar-refractivity contribution in [1.82, 2.24) is 0 Å². The number of aliphatic imine (C=N–C) groups is 2. The molecule has 0 saturated carbocycles. The van der Waals surface area contributed by atoms with E-state index in [1.807, 2.05) is 24.3 Å². The summed E-state index contributed by atoms with van der Waals surface area (Å²) in [6.45, 7) is 8.83. The third-order valence-corrected chi connectivity index (χ3v) is 4.39. The molecule has 0 bridgehead atoms.